The van der Waals surface area contributed by atoms with Crippen LogP contribution >= 0.6 is 23.7 Å². The molecule has 2 heterocycles. The highest BCUT2D eigenvalue weighted by molar-refractivity contribution is 7.97. The Morgan fingerprint density at radius 1 is 1.19 bits per heavy atom. The van der Waals surface area contributed by atoms with Crippen molar-refractivity contribution >= 4 is 45.4 Å². The van der Waals surface area contributed by atoms with E-state index in [2.05, 4.69) is 14.8 Å². The molecule has 0 spiro atoms. The van der Waals surface area contributed by atoms with Gasteiger partial charge in [-0.3, -0.25) is 13.8 Å². The third-order valence-electron chi connectivity index (χ3n) is 5.26. The van der Waals surface area contributed by atoms with Crippen LogP contribution in [0.25, 0.3) is 0 Å². The molecule has 2 aromatic carbocycles. The summed E-state index contributed by atoms with van der Waals surface area (Å²) in [5, 5.41) is 3.28. The van der Waals surface area contributed by atoms with Crippen LogP contribution in [0.2, 0.25) is 5.02 Å². The Labute approximate surface area is 215 Å². The van der Waals surface area contributed by atoms with Gasteiger partial charge < -0.3 is 10.0 Å². The number of sulfonamides is 1. The van der Waals surface area contributed by atoms with Crippen LogP contribution in [0.5, 0.6) is 0 Å². The zero-order valence-electron chi connectivity index (χ0n) is 18.6. The molecule has 2 aliphatic rings. The van der Waals surface area contributed by atoms with Crippen LogP contribution in [0.3, 0.4) is 0 Å². The quantitative estimate of drug-likeness (QED) is 0.407. The van der Waals surface area contributed by atoms with Crippen molar-refractivity contribution < 1.29 is 26.4 Å². The van der Waals surface area contributed by atoms with Gasteiger partial charge in [-0.1, -0.05) is 23.7 Å². The van der Waals surface area contributed by atoms with Crippen molar-refractivity contribution in [2.75, 3.05) is 4.72 Å². The van der Waals surface area contributed by atoms with E-state index in [-0.39, 0.29) is 10.5 Å². The van der Waals surface area contributed by atoms with Crippen LogP contribution in [-0.4, -0.2) is 24.7 Å². The summed E-state index contributed by atoms with van der Waals surface area (Å²) in [6.07, 6.45) is 1.58. The lowest BCUT2D eigenvalue weighted by Crippen LogP contribution is -2.35. The smallest absolute Gasteiger partial charge is 0.349 e. The standard InChI is InChI=1S/C23H20ClF3N4O3S2/c1-14(11-15-4-7-17(24)8-5-15)29-22(32)18-9-6-16(23(25,26)27)12-19(18)30-36(33,34)21-3-2-10-31-20(21)13-28-35-31/h2-10,12-14,28,30H,11H2,1H3,(H,29,32). The number of halogens is 4. The van der Waals surface area contributed by atoms with Crippen LogP contribution in [0, 0.1) is 0 Å². The third-order valence-corrected chi connectivity index (χ3v) is 7.67. The van der Waals surface area contributed by atoms with E-state index in [0.29, 0.717) is 23.2 Å². The number of rotatable bonds is 7. The van der Waals surface area contributed by atoms with Gasteiger partial charge in [0.15, 0.2) is 0 Å². The number of nitrogens with zero attached hydrogens (tertiary/aromatic N) is 1. The highest BCUT2D eigenvalue weighted by atomic mass is 35.5. The van der Waals surface area contributed by atoms with Crippen molar-refractivity contribution in [1.29, 1.82) is 0 Å². The molecule has 7 nitrogen and oxygen atoms in total. The summed E-state index contributed by atoms with van der Waals surface area (Å²) in [4.78, 5) is 12.9. The van der Waals surface area contributed by atoms with E-state index in [0.717, 1.165) is 29.8 Å². The zero-order valence-corrected chi connectivity index (χ0v) is 21.0. The fourth-order valence-corrected chi connectivity index (χ4v) is 5.69. The molecular formula is C23H20ClF3N4O3S2. The first kappa shape index (κ1) is 26.0. The van der Waals surface area contributed by atoms with Gasteiger partial charge in [0.25, 0.3) is 15.9 Å². The lowest BCUT2D eigenvalue weighted by Gasteiger charge is -2.22. The van der Waals surface area contributed by atoms with Crippen LogP contribution in [-0.2, 0) is 22.6 Å². The average molecular weight is 557 g/mol. The first-order valence-electron chi connectivity index (χ1n) is 10.5. The summed E-state index contributed by atoms with van der Waals surface area (Å²) >= 11 is 7.01. The fourth-order valence-electron chi connectivity index (χ4n) is 3.59. The number of carbonyl (C=O) groups excluding carboxylic acids is 1. The topological polar surface area (TPSA) is 90.5 Å². The second-order valence-corrected chi connectivity index (χ2v) is 10.9. The molecular weight excluding hydrogens is 537 g/mol. The average Bonchev–Trinajstić information content (AvgIpc) is 3.28. The predicted molar refractivity (Wildman–Crippen MR) is 134 cm³/mol. The molecule has 190 valence electrons. The molecule has 13 heteroatoms. The SMILES string of the molecule is CC(Cc1ccc(Cl)cc1)NC(=O)c1ccc(C(F)(F)F)cc1NS(=O)(=O)C1=CC=CN2SNC=C12. The van der Waals surface area contributed by atoms with Gasteiger partial charge in [-0.05, 0) is 61.4 Å². The zero-order chi connectivity index (χ0) is 26.1. The Bertz CT molecular complexity index is 1370. The van der Waals surface area contributed by atoms with E-state index in [1.165, 1.54) is 18.4 Å². The number of amides is 1. The van der Waals surface area contributed by atoms with Crippen molar-refractivity contribution in [1.82, 2.24) is 14.3 Å². The molecule has 1 amide bonds. The van der Waals surface area contributed by atoms with Gasteiger partial charge in [-0.15, -0.1) is 0 Å². The molecule has 0 aliphatic carbocycles. The first-order chi connectivity index (χ1) is 16.9. The van der Waals surface area contributed by atoms with Gasteiger partial charge in [-0.25, -0.2) is 8.42 Å². The maximum atomic E-state index is 13.4. The Balaban J connectivity index is 1.61. The van der Waals surface area contributed by atoms with Crippen LogP contribution in [0.1, 0.15) is 28.4 Å². The van der Waals surface area contributed by atoms with Crippen LogP contribution in [0.15, 0.2) is 77.6 Å². The number of nitrogens with one attached hydrogen (secondary N) is 3. The molecule has 0 fully saturated rings. The molecule has 0 saturated carbocycles. The minimum Gasteiger partial charge on any atom is -0.349 e. The number of hydrogen-bond donors (Lipinski definition) is 3. The minimum atomic E-state index is -4.74. The maximum Gasteiger partial charge on any atom is 0.416 e. The summed E-state index contributed by atoms with van der Waals surface area (Å²) in [6, 6.07) is 8.91. The van der Waals surface area contributed by atoms with E-state index >= 15 is 0 Å². The minimum absolute atomic E-state index is 0.164. The van der Waals surface area contributed by atoms with Gasteiger partial charge in [0.1, 0.15) is 4.91 Å². The number of fused-ring (bicyclic) bond motifs is 1. The van der Waals surface area contributed by atoms with Gasteiger partial charge in [0, 0.05) is 23.5 Å². The first-order valence-corrected chi connectivity index (χ1v) is 13.2. The van der Waals surface area contributed by atoms with Gasteiger partial charge in [0.05, 0.1) is 34.6 Å². The lowest BCUT2D eigenvalue weighted by molar-refractivity contribution is -0.137. The second kappa shape index (κ2) is 10.1. The predicted octanol–water partition coefficient (Wildman–Crippen LogP) is 5.18. The fraction of sp³-hybridized carbons (Fsp3) is 0.174. The highest BCUT2D eigenvalue weighted by Crippen LogP contribution is 2.36. The van der Waals surface area contributed by atoms with Crippen LogP contribution < -0.4 is 14.8 Å². The van der Waals surface area contributed by atoms with Gasteiger partial charge >= 0.3 is 6.18 Å². The molecule has 0 bridgehead atoms. The monoisotopic (exact) mass is 556 g/mol. The molecule has 0 aromatic heterocycles. The maximum absolute atomic E-state index is 13.4. The number of hydrogen-bond acceptors (Lipinski definition) is 6. The Morgan fingerprint density at radius 2 is 1.92 bits per heavy atom. The molecule has 3 N–H and O–H groups in total. The van der Waals surface area contributed by atoms with E-state index in [9.17, 15) is 26.4 Å². The van der Waals surface area contributed by atoms with Crippen molar-refractivity contribution in [2.24, 2.45) is 0 Å². The van der Waals surface area contributed by atoms with Crippen molar-refractivity contribution in [3.05, 3.63) is 99.3 Å². The molecule has 4 rings (SSSR count). The number of anilines is 1. The number of allylic oxidation sites excluding steroid dienone is 2. The molecule has 2 aliphatic heterocycles. The summed E-state index contributed by atoms with van der Waals surface area (Å²) in [6.45, 7) is 1.73. The Morgan fingerprint density at radius 3 is 2.61 bits per heavy atom. The summed E-state index contributed by atoms with van der Waals surface area (Å²) in [5.74, 6) is -0.723. The largest absolute Gasteiger partial charge is 0.416 e. The normalized spacial score (nSPS) is 16.0. The molecule has 0 saturated heterocycles. The molecule has 1 unspecified atom stereocenters. The molecule has 2 aromatic rings. The van der Waals surface area contributed by atoms with Crippen LogP contribution in [0.4, 0.5) is 18.9 Å². The van der Waals surface area contributed by atoms with E-state index in [1.807, 2.05) is 0 Å². The highest BCUT2D eigenvalue weighted by Gasteiger charge is 2.34. The molecule has 36 heavy (non-hydrogen) atoms. The van der Waals surface area contributed by atoms with E-state index < -0.39 is 39.4 Å². The number of alkyl halides is 3. The third kappa shape index (κ3) is 5.82. The number of carbonyl (C=O) groups is 1. The lowest BCUT2D eigenvalue weighted by atomic mass is 10.1. The van der Waals surface area contributed by atoms with Crippen molar-refractivity contribution in [3.63, 3.8) is 0 Å². The molecule has 1 atom stereocenters. The van der Waals surface area contributed by atoms with Crippen molar-refractivity contribution in [3.8, 4) is 0 Å². The van der Waals surface area contributed by atoms with E-state index in [1.54, 1.807) is 41.7 Å². The molecule has 0 radical (unpaired) electrons. The van der Waals surface area contributed by atoms with Gasteiger partial charge in [-0.2, -0.15) is 13.2 Å². The Hall–Kier alpha value is -3.09. The second-order valence-electron chi connectivity index (χ2n) is 8.01. The summed E-state index contributed by atoms with van der Waals surface area (Å²) in [7, 11) is -4.35. The van der Waals surface area contributed by atoms with E-state index in [4.69, 9.17) is 11.6 Å². The summed E-state index contributed by atoms with van der Waals surface area (Å²) < 4.78 is 73.1. The Kier molecular flexibility index (Phi) is 7.30. The van der Waals surface area contributed by atoms with Gasteiger partial charge in [0.2, 0.25) is 0 Å². The summed E-state index contributed by atoms with van der Waals surface area (Å²) in [5.41, 5.74) is -0.640. The van der Waals surface area contributed by atoms with Crippen molar-refractivity contribution in [2.45, 2.75) is 25.6 Å². The number of benzene rings is 2.